The summed E-state index contributed by atoms with van der Waals surface area (Å²) in [5.41, 5.74) is 0. The molecule has 0 fully saturated rings. The van der Waals surface area contributed by atoms with E-state index in [0.29, 0.717) is 0 Å². The highest BCUT2D eigenvalue weighted by Crippen LogP contribution is 2.32. The Morgan fingerprint density at radius 1 is 0.318 bits per heavy atom. The van der Waals surface area contributed by atoms with Crippen molar-refractivity contribution in [1.29, 1.82) is 0 Å². The van der Waals surface area contributed by atoms with Crippen molar-refractivity contribution in [2.24, 2.45) is 0 Å². The highest BCUT2D eigenvalue weighted by atomic mass is 16.5. The van der Waals surface area contributed by atoms with Crippen molar-refractivity contribution in [3.05, 3.63) is 36.4 Å². The molecule has 0 spiro atoms. The molecule has 0 unspecified atom stereocenters. The molecule has 0 N–H and O–H groups in total. The van der Waals surface area contributed by atoms with Crippen LogP contribution < -0.4 is 9.47 Å². The normalized spacial score (nSPS) is 11.4. The first kappa shape index (κ1) is 38.5. The topological polar surface area (TPSA) is 18.5 Å². The predicted octanol–water partition coefficient (Wildman–Crippen LogP) is 14.6. The predicted molar refractivity (Wildman–Crippen MR) is 196 cm³/mol. The van der Waals surface area contributed by atoms with E-state index < -0.39 is 0 Å². The molecular formula is C42H72O2. The number of hydrogen-bond donors (Lipinski definition) is 0. The molecule has 0 bridgehead atoms. The molecule has 2 aromatic carbocycles. The lowest BCUT2D eigenvalue weighted by Gasteiger charge is -2.13. The van der Waals surface area contributed by atoms with Gasteiger partial charge in [0.15, 0.2) is 0 Å². The molecule has 0 atom stereocenters. The summed E-state index contributed by atoms with van der Waals surface area (Å²) >= 11 is 0. The third-order valence-electron chi connectivity index (χ3n) is 9.35. The van der Waals surface area contributed by atoms with Crippen LogP contribution in [0.15, 0.2) is 36.4 Å². The Bertz CT molecular complexity index is 817. The fourth-order valence-electron chi connectivity index (χ4n) is 6.46. The second kappa shape index (κ2) is 28.8. The van der Waals surface area contributed by atoms with Gasteiger partial charge in [-0.1, -0.05) is 205 Å². The minimum absolute atomic E-state index is 0.807. The Labute approximate surface area is 274 Å². The maximum Gasteiger partial charge on any atom is 0.127 e. The highest BCUT2D eigenvalue weighted by Gasteiger charge is 2.07. The smallest absolute Gasteiger partial charge is 0.127 e. The molecule has 2 nitrogen and oxygen atoms in total. The molecule has 252 valence electrons. The number of unbranched alkanes of at least 4 members (excludes halogenated alkanes) is 26. The van der Waals surface area contributed by atoms with Gasteiger partial charge in [0.1, 0.15) is 11.5 Å². The monoisotopic (exact) mass is 609 g/mol. The van der Waals surface area contributed by atoms with Crippen LogP contribution in [0.25, 0.3) is 10.8 Å². The first-order valence-corrected chi connectivity index (χ1v) is 19.6. The van der Waals surface area contributed by atoms with Gasteiger partial charge in [-0.25, -0.2) is 0 Å². The van der Waals surface area contributed by atoms with Gasteiger partial charge in [-0.3, -0.25) is 0 Å². The maximum absolute atomic E-state index is 6.26. The summed E-state index contributed by atoms with van der Waals surface area (Å²) in [6.07, 6.45) is 38.8. The molecule has 0 amide bonds. The Morgan fingerprint density at radius 2 is 0.568 bits per heavy atom. The van der Waals surface area contributed by atoms with E-state index >= 15 is 0 Å². The van der Waals surface area contributed by atoms with E-state index in [-0.39, 0.29) is 0 Å². The number of ether oxygens (including phenoxy) is 2. The van der Waals surface area contributed by atoms with Gasteiger partial charge >= 0.3 is 0 Å². The van der Waals surface area contributed by atoms with Crippen molar-refractivity contribution < 1.29 is 9.47 Å². The third kappa shape index (κ3) is 19.6. The van der Waals surface area contributed by atoms with Crippen LogP contribution in [-0.2, 0) is 0 Å². The standard InChI is InChI=1S/C42H72O2/c1-3-5-7-9-11-13-15-17-19-21-23-25-27-29-37-43-41-35-31-34-40-39(41)33-32-36-42(40)44-38-30-28-26-24-22-20-18-16-14-12-10-8-6-4-2/h31-36H,3-30,37-38H2,1-2H3. The summed E-state index contributed by atoms with van der Waals surface area (Å²) in [6.45, 7) is 6.21. The van der Waals surface area contributed by atoms with Crippen LogP contribution >= 0.6 is 0 Å². The molecule has 0 aliphatic rings. The fourth-order valence-corrected chi connectivity index (χ4v) is 6.46. The van der Waals surface area contributed by atoms with E-state index in [9.17, 15) is 0 Å². The van der Waals surface area contributed by atoms with Crippen LogP contribution in [-0.4, -0.2) is 13.2 Å². The van der Waals surface area contributed by atoms with Crippen molar-refractivity contribution >= 4 is 10.8 Å². The Morgan fingerprint density at radius 3 is 0.841 bits per heavy atom. The average molecular weight is 609 g/mol. The van der Waals surface area contributed by atoms with E-state index in [1.807, 2.05) is 0 Å². The second-order valence-electron chi connectivity index (χ2n) is 13.5. The van der Waals surface area contributed by atoms with Crippen molar-refractivity contribution in [2.45, 2.75) is 194 Å². The Hall–Kier alpha value is -1.70. The molecule has 2 rings (SSSR count). The Kier molecular flexibility index (Phi) is 25.1. The largest absolute Gasteiger partial charge is 0.493 e. The van der Waals surface area contributed by atoms with Crippen LogP contribution in [0.4, 0.5) is 0 Å². The zero-order valence-electron chi connectivity index (χ0n) is 29.5. The van der Waals surface area contributed by atoms with E-state index in [1.54, 1.807) is 0 Å². The Balaban J connectivity index is 1.48. The average Bonchev–Trinajstić information content (AvgIpc) is 3.05. The van der Waals surface area contributed by atoms with Crippen molar-refractivity contribution in [1.82, 2.24) is 0 Å². The molecular weight excluding hydrogens is 536 g/mol. The summed E-state index contributed by atoms with van der Waals surface area (Å²) in [5.74, 6) is 2.00. The van der Waals surface area contributed by atoms with Gasteiger partial charge in [0.2, 0.25) is 0 Å². The van der Waals surface area contributed by atoms with Crippen molar-refractivity contribution in [3.8, 4) is 11.5 Å². The number of hydrogen-bond acceptors (Lipinski definition) is 2. The van der Waals surface area contributed by atoms with Crippen molar-refractivity contribution in [2.75, 3.05) is 13.2 Å². The SMILES string of the molecule is CCCCCCCCCCCCCCCCOc1cccc2c(OCCCCCCCCCCCCCCCC)cccc12. The first-order chi connectivity index (χ1) is 21.9. The summed E-state index contributed by atoms with van der Waals surface area (Å²) in [7, 11) is 0. The summed E-state index contributed by atoms with van der Waals surface area (Å²) < 4.78 is 12.5. The van der Waals surface area contributed by atoms with Gasteiger partial charge in [0.05, 0.1) is 13.2 Å². The molecule has 0 radical (unpaired) electrons. The van der Waals surface area contributed by atoms with Crippen LogP contribution in [0.2, 0.25) is 0 Å². The lowest BCUT2D eigenvalue weighted by molar-refractivity contribution is 0.304. The minimum Gasteiger partial charge on any atom is -0.493 e. The number of fused-ring (bicyclic) bond motifs is 1. The van der Waals surface area contributed by atoms with Crippen LogP contribution in [0, 0.1) is 0 Å². The molecule has 0 saturated carbocycles. The number of rotatable bonds is 32. The molecule has 2 aromatic rings. The first-order valence-electron chi connectivity index (χ1n) is 19.6. The zero-order chi connectivity index (χ0) is 31.2. The van der Waals surface area contributed by atoms with Gasteiger partial charge in [-0.2, -0.15) is 0 Å². The van der Waals surface area contributed by atoms with E-state index in [1.165, 1.54) is 178 Å². The quantitative estimate of drug-likeness (QED) is 0.0769. The van der Waals surface area contributed by atoms with Gasteiger partial charge in [-0.15, -0.1) is 0 Å². The van der Waals surface area contributed by atoms with Gasteiger partial charge in [0.25, 0.3) is 0 Å². The molecule has 0 saturated heterocycles. The zero-order valence-corrected chi connectivity index (χ0v) is 29.5. The van der Waals surface area contributed by atoms with Crippen molar-refractivity contribution in [3.63, 3.8) is 0 Å². The van der Waals surface area contributed by atoms with E-state index in [0.717, 1.165) is 37.6 Å². The molecule has 2 heteroatoms. The van der Waals surface area contributed by atoms with E-state index in [2.05, 4.69) is 50.2 Å². The fraction of sp³-hybridized carbons (Fsp3) is 0.762. The van der Waals surface area contributed by atoms with Crippen LogP contribution in [0.1, 0.15) is 194 Å². The molecule has 0 heterocycles. The summed E-state index contributed by atoms with van der Waals surface area (Å²) in [6, 6.07) is 12.8. The molecule has 0 aliphatic carbocycles. The molecule has 0 aliphatic heterocycles. The minimum atomic E-state index is 0.807. The maximum atomic E-state index is 6.26. The highest BCUT2D eigenvalue weighted by molar-refractivity contribution is 5.93. The lowest BCUT2D eigenvalue weighted by Crippen LogP contribution is -2.00. The third-order valence-corrected chi connectivity index (χ3v) is 9.35. The van der Waals surface area contributed by atoms with Crippen LogP contribution in [0.3, 0.4) is 0 Å². The summed E-state index contributed by atoms with van der Waals surface area (Å²) in [4.78, 5) is 0. The lowest BCUT2D eigenvalue weighted by atomic mass is 10.0. The van der Waals surface area contributed by atoms with Gasteiger partial charge in [0, 0.05) is 10.8 Å². The second-order valence-corrected chi connectivity index (χ2v) is 13.5. The van der Waals surface area contributed by atoms with E-state index in [4.69, 9.17) is 9.47 Å². The van der Waals surface area contributed by atoms with Gasteiger partial charge in [-0.05, 0) is 25.0 Å². The van der Waals surface area contributed by atoms with Gasteiger partial charge < -0.3 is 9.47 Å². The molecule has 0 aromatic heterocycles. The van der Waals surface area contributed by atoms with Crippen LogP contribution in [0.5, 0.6) is 11.5 Å². The summed E-state index contributed by atoms with van der Waals surface area (Å²) in [5, 5.41) is 2.35. The number of benzene rings is 2. The molecule has 44 heavy (non-hydrogen) atoms.